The minimum Gasteiger partial charge on any atom is -0.375 e. The fraction of sp³-hybridized carbons (Fsp3) is 0.600. The molecule has 0 bridgehead atoms. The number of allylic oxidation sites excluding steroid dienone is 4. The maximum absolute atomic E-state index is 6.34. The van der Waals surface area contributed by atoms with E-state index in [0.29, 0.717) is 0 Å². The molecule has 1 aromatic rings. The third-order valence-electron chi connectivity index (χ3n) is 6.83. The van der Waals surface area contributed by atoms with Crippen molar-refractivity contribution < 1.29 is 4.74 Å². The molecule has 2 fully saturated rings. The lowest BCUT2D eigenvalue weighted by Gasteiger charge is -2.47. The number of ether oxygens (including phenoxy) is 1. The van der Waals surface area contributed by atoms with Gasteiger partial charge in [-0.05, 0) is 83.3 Å². The average Bonchev–Trinajstić information content (AvgIpc) is 3.16. The summed E-state index contributed by atoms with van der Waals surface area (Å²) >= 11 is 0. The minimum absolute atomic E-state index is 0.0400. The van der Waals surface area contributed by atoms with Crippen LogP contribution in [0.1, 0.15) is 68.7 Å². The van der Waals surface area contributed by atoms with Crippen molar-refractivity contribution in [1.82, 2.24) is 10.3 Å². The Labute approximate surface area is 176 Å². The highest BCUT2D eigenvalue weighted by Crippen LogP contribution is 2.52. The molecule has 0 amide bonds. The molecule has 0 unspecified atom stereocenters. The number of aromatic nitrogens is 1. The predicted octanol–water partition coefficient (Wildman–Crippen LogP) is 5.45. The Morgan fingerprint density at radius 3 is 2.79 bits per heavy atom. The molecule has 2 aliphatic rings. The summed E-state index contributed by atoms with van der Waals surface area (Å²) in [5, 5.41) is 3.65. The van der Waals surface area contributed by atoms with Gasteiger partial charge in [-0.25, -0.2) is 0 Å². The standard InChI is InChI=1S/C25H37N3O/c1-5-6-9-23(26-4)24(13-15-29-25(19-24)10-7-8-11-25)12-14-27-17-22-16-20(2)21(3)28-18-22/h5-6,9,16,18,27H,4,7-8,10-15,17,19H2,1-3H3/b6-5-,23-9-/t24-/m1/s1. The van der Waals surface area contributed by atoms with Gasteiger partial charge in [0.25, 0.3) is 0 Å². The topological polar surface area (TPSA) is 46.5 Å². The molecule has 0 aromatic carbocycles. The van der Waals surface area contributed by atoms with Crippen molar-refractivity contribution in [2.24, 2.45) is 10.4 Å². The minimum atomic E-state index is 0.0400. The monoisotopic (exact) mass is 395 g/mol. The van der Waals surface area contributed by atoms with E-state index in [2.05, 4.69) is 60.2 Å². The Hall–Kier alpha value is -1.78. The van der Waals surface area contributed by atoms with Crippen molar-refractivity contribution in [3.63, 3.8) is 0 Å². The van der Waals surface area contributed by atoms with E-state index in [9.17, 15) is 0 Å². The zero-order valence-electron chi connectivity index (χ0n) is 18.5. The zero-order chi connectivity index (χ0) is 20.7. The van der Waals surface area contributed by atoms with Crippen LogP contribution in [0.5, 0.6) is 0 Å². The van der Waals surface area contributed by atoms with Gasteiger partial charge in [-0.1, -0.05) is 31.1 Å². The van der Waals surface area contributed by atoms with Crippen LogP contribution in [0.25, 0.3) is 0 Å². The molecular formula is C25H37N3O. The number of nitrogens with zero attached hydrogens (tertiary/aromatic N) is 2. The van der Waals surface area contributed by atoms with Crippen LogP contribution < -0.4 is 5.32 Å². The zero-order valence-corrected chi connectivity index (χ0v) is 18.5. The number of pyridine rings is 1. The van der Waals surface area contributed by atoms with Crippen molar-refractivity contribution >= 4 is 6.72 Å². The quantitative estimate of drug-likeness (QED) is 0.362. The Kier molecular flexibility index (Phi) is 7.42. The molecule has 4 heteroatoms. The van der Waals surface area contributed by atoms with Crippen LogP contribution in [0.3, 0.4) is 0 Å². The highest BCUT2D eigenvalue weighted by atomic mass is 16.5. The van der Waals surface area contributed by atoms with Crippen LogP contribution in [-0.2, 0) is 11.3 Å². The SMILES string of the molecule is C=N/C(=C\C=C/C)[C@]1(CCNCc2cnc(C)c(C)c2)CCOC2(CCCC2)C1. The van der Waals surface area contributed by atoms with Gasteiger partial charge in [-0.15, -0.1) is 0 Å². The van der Waals surface area contributed by atoms with Gasteiger partial charge in [-0.3, -0.25) is 9.98 Å². The van der Waals surface area contributed by atoms with E-state index < -0.39 is 0 Å². The van der Waals surface area contributed by atoms with Crippen molar-refractivity contribution in [3.8, 4) is 0 Å². The number of aliphatic imine (C=N–C) groups is 1. The first-order chi connectivity index (χ1) is 14.0. The third kappa shape index (κ3) is 5.23. The van der Waals surface area contributed by atoms with Gasteiger partial charge in [-0.2, -0.15) is 0 Å². The van der Waals surface area contributed by atoms with E-state index in [1.54, 1.807) is 0 Å². The van der Waals surface area contributed by atoms with Crippen LogP contribution >= 0.6 is 0 Å². The normalized spacial score (nSPS) is 24.4. The summed E-state index contributed by atoms with van der Waals surface area (Å²) in [4.78, 5) is 8.99. The van der Waals surface area contributed by atoms with E-state index in [1.165, 1.54) is 36.8 Å². The number of hydrogen-bond donors (Lipinski definition) is 1. The molecule has 1 aliphatic carbocycles. The Bertz CT molecular complexity index is 761. The molecule has 1 saturated carbocycles. The first-order valence-corrected chi connectivity index (χ1v) is 11.1. The molecule has 29 heavy (non-hydrogen) atoms. The predicted molar refractivity (Wildman–Crippen MR) is 121 cm³/mol. The summed E-state index contributed by atoms with van der Waals surface area (Å²) in [6.45, 7) is 12.8. The van der Waals surface area contributed by atoms with Gasteiger partial charge in [0.2, 0.25) is 0 Å². The number of hydrogen-bond acceptors (Lipinski definition) is 4. The van der Waals surface area contributed by atoms with Crippen molar-refractivity contribution in [3.05, 3.63) is 53.0 Å². The van der Waals surface area contributed by atoms with Gasteiger partial charge in [0.05, 0.1) is 5.60 Å². The lowest BCUT2D eigenvalue weighted by molar-refractivity contribution is -0.115. The highest BCUT2D eigenvalue weighted by Gasteiger charge is 2.48. The van der Waals surface area contributed by atoms with Crippen LogP contribution in [0.2, 0.25) is 0 Å². The van der Waals surface area contributed by atoms with Crippen LogP contribution in [0.15, 0.2) is 41.2 Å². The molecule has 1 aliphatic heterocycles. The second kappa shape index (κ2) is 9.82. The fourth-order valence-corrected chi connectivity index (χ4v) is 5.06. The van der Waals surface area contributed by atoms with E-state index in [-0.39, 0.29) is 11.0 Å². The van der Waals surface area contributed by atoms with Crippen LogP contribution in [0, 0.1) is 19.3 Å². The second-order valence-electron chi connectivity index (χ2n) is 8.85. The smallest absolute Gasteiger partial charge is 0.0691 e. The molecule has 2 heterocycles. The molecule has 1 spiro atoms. The summed E-state index contributed by atoms with van der Waals surface area (Å²) in [5.74, 6) is 0. The van der Waals surface area contributed by atoms with Crippen molar-refractivity contribution in [1.29, 1.82) is 0 Å². The van der Waals surface area contributed by atoms with Crippen molar-refractivity contribution in [2.45, 2.75) is 77.9 Å². The Balaban J connectivity index is 1.71. The molecule has 1 atom stereocenters. The Morgan fingerprint density at radius 1 is 1.31 bits per heavy atom. The Morgan fingerprint density at radius 2 is 2.10 bits per heavy atom. The summed E-state index contributed by atoms with van der Waals surface area (Å²) in [6, 6.07) is 2.23. The molecule has 1 N–H and O–H groups in total. The third-order valence-corrected chi connectivity index (χ3v) is 6.83. The van der Waals surface area contributed by atoms with Gasteiger partial charge < -0.3 is 10.1 Å². The van der Waals surface area contributed by atoms with E-state index in [0.717, 1.165) is 50.3 Å². The lowest BCUT2D eigenvalue weighted by Crippen LogP contribution is -2.45. The molecule has 0 radical (unpaired) electrons. The van der Waals surface area contributed by atoms with Crippen LogP contribution in [-0.4, -0.2) is 30.5 Å². The molecule has 4 nitrogen and oxygen atoms in total. The van der Waals surface area contributed by atoms with E-state index >= 15 is 0 Å². The van der Waals surface area contributed by atoms with E-state index in [4.69, 9.17) is 4.74 Å². The highest BCUT2D eigenvalue weighted by molar-refractivity contribution is 5.34. The fourth-order valence-electron chi connectivity index (χ4n) is 5.06. The molecule has 1 saturated heterocycles. The molecule has 158 valence electrons. The molecule has 3 rings (SSSR count). The average molecular weight is 396 g/mol. The van der Waals surface area contributed by atoms with Gasteiger partial charge >= 0.3 is 0 Å². The van der Waals surface area contributed by atoms with Gasteiger partial charge in [0, 0.05) is 36.2 Å². The summed E-state index contributed by atoms with van der Waals surface area (Å²) in [6.07, 6.45) is 16.4. The number of rotatable bonds is 8. The number of nitrogens with one attached hydrogen (secondary N) is 1. The van der Waals surface area contributed by atoms with Crippen molar-refractivity contribution in [2.75, 3.05) is 13.2 Å². The van der Waals surface area contributed by atoms with E-state index in [1.807, 2.05) is 13.1 Å². The largest absolute Gasteiger partial charge is 0.375 e. The van der Waals surface area contributed by atoms with Crippen LogP contribution in [0.4, 0.5) is 0 Å². The summed E-state index contributed by atoms with van der Waals surface area (Å²) in [7, 11) is 0. The molecule has 1 aromatic heterocycles. The lowest BCUT2D eigenvalue weighted by atomic mass is 9.68. The first kappa shape index (κ1) is 21.9. The second-order valence-corrected chi connectivity index (χ2v) is 8.85. The number of aryl methyl sites for hydroxylation is 2. The maximum Gasteiger partial charge on any atom is 0.0691 e. The maximum atomic E-state index is 6.34. The van der Waals surface area contributed by atoms with Gasteiger partial charge in [0.1, 0.15) is 0 Å². The van der Waals surface area contributed by atoms with Gasteiger partial charge in [0.15, 0.2) is 0 Å². The summed E-state index contributed by atoms with van der Waals surface area (Å²) < 4.78 is 6.34. The summed E-state index contributed by atoms with van der Waals surface area (Å²) in [5.41, 5.74) is 4.81. The first-order valence-electron chi connectivity index (χ1n) is 11.1. The molecular weight excluding hydrogens is 358 g/mol.